The lowest BCUT2D eigenvalue weighted by molar-refractivity contribution is 0.730. The van der Waals surface area contributed by atoms with Crippen molar-refractivity contribution in [2.45, 2.75) is 20.4 Å². The Balaban J connectivity index is 2.42. The van der Waals surface area contributed by atoms with Crippen LogP contribution >= 0.6 is 0 Å². The van der Waals surface area contributed by atoms with Crippen LogP contribution in [-0.2, 0) is 6.54 Å². The van der Waals surface area contributed by atoms with Gasteiger partial charge in [0, 0.05) is 23.6 Å². The summed E-state index contributed by atoms with van der Waals surface area (Å²) in [5, 5.41) is 4.68. The Morgan fingerprint density at radius 1 is 1.36 bits per heavy atom. The van der Waals surface area contributed by atoms with Crippen molar-refractivity contribution in [3.8, 4) is 0 Å². The molecule has 2 aromatic rings. The van der Waals surface area contributed by atoms with Crippen LogP contribution in [0.4, 0.5) is 0 Å². The van der Waals surface area contributed by atoms with Gasteiger partial charge >= 0.3 is 0 Å². The molecule has 2 N–H and O–H groups in total. The number of fused-ring (bicyclic) bond motifs is 1. The number of aromatic nitrogens is 1. The zero-order valence-corrected chi connectivity index (χ0v) is 8.72. The van der Waals surface area contributed by atoms with E-state index >= 15 is 0 Å². The maximum absolute atomic E-state index is 3.34. The number of rotatable bonds is 3. The van der Waals surface area contributed by atoms with Crippen molar-refractivity contribution in [2.24, 2.45) is 0 Å². The van der Waals surface area contributed by atoms with Crippen molar-refractivity contribution in [1.29, 1.82) is 0 Å². The van der Waals surface area contributed by atoms with Gasteiger partial charge in [-0.3, -0.25) is 0 Å². The van der Waals surface area contributed by atoms with E-state index in [2.05, 4.69) is 48.5 Å². The molecular weight excluding hydrogens is 172 g/mol. The molecule has 0 aliphatic heterocycles. The monoisotopic (exact) mass is 188 g/mol. The minimum Gasteiger partial charge on any atom is -0.361 e. The molecule has 0 spiro atoms. The fraction of sp³-hybridized carbons (Fsp3) is 0.333. The van der Waals surface area contributed by atoms with Gasteiger partial charge in [-0.2, -0.15) is 0 Å². The second-order valence-corrected chi connectivity index (χ2v) is 3.59. The summed E-state index contributed by atoms with van der Waals surface area (Å²) in [4.78, 5) is 3.33. The third-order valence-electron chi connectivity index (χ3n) is 2.57. The van der Waals surface area contributed by atoms with Crippen LogP contribution in [0.25, 0.3) is 10.9 Å². The fourth-order valence-electron chi connectivity index (χ4n) is 1.77. The summed E-state index contributed by atoms with van der Waals surface area (Å²) in [7, 11) is 0. The maximum atomic E-state index is 3.34. The van der Waals surface area contributed by atoms with Gasteiger partial charge in [-0.15, -0.1) is 0 Å². The van der Waals surface area contributed by atoms with Gasteiger partial charge in [0.25, 0.3) is 0 Å². The Labute approximate surface area is 84.3 Å². The van der Waals surface area contributed by atoms with Gasteiger partial charge < -0.3 is 10.3 Å². The lowest BCUT2D eigenvalue weighted by atomic mass is 10.1. The summed E-state index contributed by atoms with van der Waals surface area (Å²) in [6.07, 6.45) is 2.10. The molecule has 0 atom stereocenters. The van der Waals surface area contributed by atoms with E-state index in [4.69, 9.17) is 0 Å². The largest absolute Gasteiger partial charge is 0.361 e. The van der Waals surface area contributed by atoms with E-state index in [1.807, 2.05) is 0 Å². The molecule has 0 radical (unpaired) electrons. The van der Waals surface area contributed by atoms with Crippen molar-refractivity contribution in [3.05, 3.63) is 35.5 Å². The highest BCUT2D eigenvalue weighted by Crippen LogP contribution is 2.20. The van der Waals surface area contributed by atoms with Gasteiger partial charge in [0.15, 0.2) is 0 Å². The van der Waals surface area contributed by atoms with E-state index < -0.39 is 0 Å². The van der Waals surface area contributed by atoms with Crippen LogP contribution in [0.15, 0.2) is 24.4 Å². The predicted octanol–water partition coefficient (Wildman–Crippen LogP) is 2.59. The van der Waals surface area contributed by atoms with Crippen LogP contribution in [0.1, 0.15) is 18.1 Å². The van der Waals surface area contributed by atoms with Gasteiger partial charge in [-0.05, 0) is 24.6 Å². The van der Waals surface area contributed by atoms with E-state index in [9.17, 15) is 0 Å². The molecular formula is C12H16N2. The number of H-pyrrole nitrogens is 1. The second-order valence-electron chi connectivity index (χ2n) is 3.59. The molecule has 0 bridgehead atoms. The summed E-state index contributed by atoms with van der Waals surface area (Å²) in [6.45, 7) is 6.22. The van der Waals surface area contributed by atoms with Crippen LogP contribution in [0, 0.1) is 6.92 Å². The number of hydrogen-bond donors (Lipinski definition) is 2. The molecule has 0 fully saturated rings. The predicted molar refractivity (Wildman–Crippen MR) is 60.4 cm³/mol. The summed E-state index contributed by atoms with van der Waals surface area (Å²) in [5.41, 5.74) is 3.93. The highest BCUT2D eigenvalue weighted by Gasteiger charge is 2.03. The highest BCUT2D eigenvalue weighted by molar-refractivity contribution is 5.85. The van der Waals surface area contributed by atoms with E-state index in [0.29, 0.717) is 0 Å². The van der Waals surface area contributed by atoms with Gasteiger partial charge in [-0.1, -0.05) is 25.1 Å². The molecule has 0 aliphatic rings. The van der Waals surface area contributed by atoms with Crippen LogP contribution in [0.3, 0.4) is 0 Å². The second kappa shape index (κ2) is 3.84. The molecule has 2 nitrogen and oxygen atoms in total. The number of nitrogens with one attached hydrogen (secondary N) is 2. The van der Waals surface area contributed by atoms with E-state index in [1.54, 1.807) is 0 Å². The first-order valence-electron chi connectivity index (χ1n) is 5.09. The molecule has 0 amide bonds. The average Bonchev–Trinajstić information content (AvgIpc) is 2.60. The lowest BCUT2D eigenvalue weighted by Crippen LogP contribution is -2.11. The first kappa shape index (κ1) is 9.28. The Morgan fingerprint density at radius 2 is 2.21 bits per heavy atom. The number of aromatic amines is 1. The smallest absolute Gasteiger partial charge is 0.0487 e. The topological polar surface area (TPSA) is 27.8 Å². The highest BCUT2D eigenvalue weighted by atomic mass is 14.8. The normalized spacial score (nSPS) is 11.0. The third-order valence-corrected chi connectivity index (χ3v) is 2.57. The molecule has 1 aromatic carbocycles. The summed E-state index contributed by atoms with van der Waals surface area (Å²) >= 11 is 0. The van der Waals surface area contributed by atoms with Crippen LogP contribution < -0.4 is 5.32 Å². The van der Waals surface area contributed by atoms with Crippen molar-refractivity contribution in [1.82, 2.24) is 10.3 Å². The number of hydrogen-bond acceptors (Lipinski definition) is 1. The molecule has 0 saturated heterocycles. The van der Waals surface area contributed by atoms with Crippen LogP contribution in [-0.4, -0.2) is 11.5 Å². The Morgan fingerprint density at radius 3 is 3.00 bits per heavy atom. The van der Waals surface area contributed by atoms with Gasteiger partial charge in [0.1, 0.15) is 0 Å². The molecule has 2 heteroatoms. The number of para-hydroxylation sites is 1. The van der Waals surface area contributed by atoms with Crippen LogP contribution in [0.5, 0.6) is 0 Å². The Hall–Kier alpha value is -1.28. The van der Waals surface area contributed by atoms with Crippen molar-refractivity contribution >= 4 is 10.9 Å². The number of aryl methyl sites for hydroxylation is 1. The Bertz CT molecular complexity index is 429. The summed E-state index contributed by atoms with van der Waals surface area (Å²) in [6, 6.07) is 6.42. The van der Waals surface area contributed by atoms with Gasteiger partial charge in [-0.25, -0.2) is 0 Å². The molecule has 14 heavy (non-hydrogen) atoms. The minimum absolute atomic E-state index is 0.944. The number of benzene rings is 1. The van der Waals surface area contributed by atoms with E-state index in [-0.39, 0.29) is 0 Å². The van der Waals surface area contributed by atoms with E-state index in [1.165, 1.54) is 22.0 Å². The molecule has 2 rings (SSSR count). The first-order valence-corrected chi connectivity index (χ1v) is 5.09. The standard InChI is InChI=1S/C12H16N2/c1-3-13-7-10-8-14-12-9(2)5-4-6-11(10)12/h4-6,8,13-14H,3,7H2,1-2H3. The van der Waals surface area contributed by atoms with Crippen LogP contribution in [0.2, 0.25) is 0 Å². The molecule has 1 aromatic heterocycles. The Kier molecular flexibility index (Phi) is 2.55. The molecule has 1 heterocycles. The summed E-state index contributed by atoms with van der Waals surface area (Å²) < 4.78 is 0. The average molecular weight is 188 g/mol. The maximum Gasteiger partial charge on any atom is 0.0487 e. The molecule has 0 aliphatic carbocycles. The molecule has 0 saturated carbocycles. The van der Waals surface area contributed by atoms with Gasteiger partial charge in [0.05, 0.1) is 0 Å². The van der Waals surface area contributed by atoms with Crippen molar-refractivity contribution in [2.75, 3.05) is 6.54 Å². The van der Waals surface area contributed by atoms with E-state index in [0.717, 1.165) is 13.1 Å². The SMILES string of the molecule is CCNCc1c[nH]c2c(C)cccc12. The zero-order chi connectivity index (χ0) is 9.97. The fourth-order valence-corrected chi connectivity index (χ4v) is 1.77. The summed E-state index contributed by atoms with van der Waals surface area (Å²) in [5.74, 6) is 0. The quantitative estimate of drug-likeness (QED) is 0.761. The third kappa shape index (κ3) is 1.53. The molecule has 74 valence electrons. The van der Waals surface area contributed by atoms with Crippen molar-refractivity contribution < 1.29 is 0 Å². The molecule has 0 unspecified atom stereocenters. The lowest BCUT2D eigenvalue weighted by Gasteiger charge is -2.00. The minimum atomic E-state index is 0.944. The van der Waals surface area contributed by atoms with Crippen molar-refractivity contribution in [3.63, 3.8) is 0 Å². The van der Waals surface area contributed by atoms with Gasteiger partial charge in [0.2, 0.25) is 0 Å². The first-order chi connectivity index (χ1) is 6.83. The zero-order valence-electron chi connectivity index (χ0n) is 8.72.